The van der Waals surface area contributed by atoms with Crippen molar-refractivity contribution in [1.82, 2.24) is 5.32 Å². The van der Waals surface area contributed by atoms with Gasteiger partial charge in [0.05, 0.1) is 5.56 Å². The van der Waals surface area contributed by atoms with Crippen LogP contribution < -0.4 is 5.32 Å². The maximum absolute atomic E-state index is 12.7. The monoisotopic (exact) mass is 305 g/mol. The first-order valence-corrected chi connectivity index (χ1v) is 5.50. The summed E-state index contributed by atoms with van der Waals surface area (Å²) in [5, 5.41) is 2.86. The lowest BCUT2D eigenvalue weighted by molar-refractivity contribution is 0.0950. The molecular weight excluding hydrogens is 296 g/mol. The zero-order valence-corrected chi connectivity index (χ0v) is 9.55. The molecule has 0 radical (unpaired) electrons. The number of benzene rings is 1. The van der Waals surface area contributed by atoms with Crippen LogP contribution in [0.3, 0.4) is 0 Å². The third-order valence-electron chi connectivity index (χ3n) is 2.09. The van der Waals surface area contributed by atoms with Gasteiger partial charge in [-0.05, 0) is 53.6 Å². The first-order valence-electron chi connectivity index (χ1n) is 4.43. The van der Waals surface area contributed by atoms with E-state index in [1.807, 2.05) is 22.6 Å². The number of nitrogens with one attached hydrogen (secondary N) is 1. The topological polar surface area (TPSA) is 29.1 Å². The van der Waals surface area contributed by atoms with E-state index < -0.39 is 0 Å². The molecule has 1 amide bonds. The van der Waals surface area contributed by atoms with Crippen molar-refractivity contribution in [2.75, 3.05) is 0 Å². The van der Waals surface area contributed by atoms with Crippen molar-refractivity contribution in [3.05, 3.63) is 33.1 Å². The lowest BCUT2D eigenvalue weighted by Gasteiger charge is -2.05. The van der Waals surface area contributed by atoms with Crippen LogP contribution in [0.2, 0.25) is 0 Å². The molecule has 0 atom stereocenters. The van der Waals surface area contributed by atoms with E-state index in [0.29, 0.717) is 15.2 Å². The van der Waals surface area contributed by atoms with Gasteiger partial charge in [-0.15, -0.1) is 0 Å². The third-order valence-corrected chi connectivity index (χ3v) is 2.98. The van der Waals surface area contributed by atoms with E-state index in [1.165, 1.54) is 18.2 Å². The van der Waals surface area contributed by atoms with E-state index in [4.69, 9.17) is 0 Å². The Labute approximate surface area is 95.0 Å². The Bertz CT molecular complexity index is 376. The van der Waals surface area contributed by atoms with Crippen molar-refractivity contribution in [3.63, 3.8) is 0 Å². The fraction of sp³-hybridized carbons (Fsp3) is 0.300. The number of carbonyl (C=O) groups is 1. The Kier molecular flexibility index (Phi) is 2.71. The fourth-order valence-corrected chi connectivity index (χ4v) is 1.89. The van der Waals surface area contributed by atoms with Crippen LogP contribution in [-0.2, 0) is 0 Å². The first kappa shape index (κ1) is 9.89. The number of hydrogen-bond acceptors (Lipinski definition) is 1. The van der Waals surface area contributed by atoms with E-state index >= 15 is 0 Å². The molecule has 0 aromatic heterocycles. The number of amides is 1. The predicted molar refractivity (Wildman–Crippen MR) is 59.6 cm³/mol. The van der Waals surface area contributed by atoms with Crippen molar-refractivity contribution in [1.29, 1.82) is 0 Å². The molecule has 4 heteroatoms. The van der Waals surface area contributed by atoms with Gasteiger partial charge in [-0.25, -0.2) is 4.39 Å². The highest BCUT2D eigenvalue weighted by Gasteiger charge is 2.24. The molecule has 1 saturated carbocycles. The van der Waals surface area contributed by atoms with Gasteiger partial charge in [-0.3, -0.25) is 4.79 Å². The highest BCUT2D eigenvalue weighted by atomic mass is 127. The molecule has 14 heavy (non-hydrogen) atoms. The molecule has 1 N–H and O–H groups in total. The van der Waals surface area contributed by atoms with Crippen LogP contribution >= 0.6 is 22.6 Å². The summed E-state index contributed by atoms with van der Waals surface area (Å²) >= 11 is 1.97. The van der Waals surface area contributed by atoms with Crippen LogP contribution in [0.4, 0.5) is 4.39 Å². The quantitative estimate of drug-likeness (QED) is 0.835. The molecule has 1 fully saturated rings. The van der Waals surface area contributed by atoms with Crippen LogP contribution in [-0.4, -0.2) is 11.9 Å². The fourth-order valence-electron chi connectivity index (χ4n) is 1.16. The van der Waals surface area contributed by atoms with Crippen LogP contribution in [0.15, 0.2) is 18.2 Å². The zero-order valence-electron chi connectivity index (χ0n) is 7.39. The van der Waals surface area contributed by atoms with Crippen LogP contribution in [0, 0.1) is 9.39 Å². The zero-order chi connectivity index (χ0) is 10.1. The molecule has 1 aliphatic carbocycles. The highest BCUT2D eigenvalue weighted by molar-refractivity contribution is 14.1. The average molecular weight is 305 g/mol. The van der Waals surface area contributed by atoms with Gasteiger partial charge in [-0.2, -0.15) is 0 Å². The minimum Gasteiger partial charge on any atom is -0.349 e. The second-order valence-electron chi connectivity index (χ2n) is 3.37. The summed E-state index contributed by atoms with van der Waals surface area (Å²) < 4.78 is 13.4. The molecule has 0 spiro atoms. The molecule has 1 aromatic rings. The van der Waals surface area contributed by atoms with Crippen molar-refractivity contribution in [2.45, 2.75) is 18.9 Å². The molecule has 74 valence electrons. The standard InChI is InChI=1S/C10H9FINO/c11-6-1-4-8(9(12)5-6)10(14)13-7-2-3-7/h1,4-5,7H,2-3H2,(H,13,14). The molecule has 1 aliphatic rings. The van der Waals surface area contributed by atoms with Gasteiger partial charge < -0.3 is 5.32 Å². The summed E-state index contributed by atoms with van der Waals surface area (Å²) in [4.78, 5) is 11.6. The minimum atomic E-state index is -0.308. The second kappa shape index (κ2) is 3.84. The van der Waals surface area contributed by atoms with E-state index in [1.54, 1.807) is 0 Å². The van der Waals surface area contributed by atoms with Gasteiger partial charge in [0.25, 0.3) is 5.91 Å². The first-order chi connectivity index (χ1) is 6.66. The van der Waals surface area contributed by atoms with Gasteiger partial charge in [0.1, 0.15) is 5.82 Å². The number of rotatable bonds is 2. The molecule has 0 saturated heterocycles. The van der Waals surface area contributed by atoms with Crippen LogP contribution in [0.5, 0.6) is 0 Å². The van der Waals surface area contributed by atoms with Crippen LogP contribution in [0.25, 0.3) is 0 Å². The second-order valence-corrected chi connectivity index (χ2v) is 4.53. The molecule has 2 rings (SSSR count). The average Bonchev–Trinajstić information content (AvgIpc) is 2.87. The Hall–Kier alpha value is -0.650. The number of halogens is 2. The Morgan fingerprint density at radius 1 is 1.50 bits per heavy atom. The normalized spacial score (nSPS) is 15.3. The summed E-state index contributed by atoms with van der Waals surface area (Å²) in [6.45, 7) is 0. The van der Waals surface area contributed by atoms with E-state index in [0.717, 1.165) is 12.8 Å². The van der Waals surface area contributed by atoms with Crippen molar-refractivity contribution in [2.24, 2.45) is 0 Å². The molecule has 1 aromatic carbocycles. The van der Waals surface area contributed by atoms with E-state index in [2.05, 4.69) is 5.32 Å². The predicted octanol–water partition coefficient (Wildman–Crippen LogP) is 2.32. The van der Waals surface area contributed by atoms with Gasteiger partial charge in [-0.1, -0.05) is 0 Å². The maximum Gasteiger partial charge on any atom is 0.252 e. The molecule has 0 unspecified atom stereocenters. The molecule has 0 aliphatic heterocycles. The third kappa shape index (κ3) is 2.23. The summed E-state index contributed by atoms with van der Waals surface area (Å²) in [7, 11) is 0. The summed E-state index contributed by atoms with van der Waals surface area (Å²) in [5.74, 6) is -0.408. The Morgan fingerprint density at radius 2 is 2.21 bits per heavy atom. The van der Waals surface area contributed by atoms with E-state index in [9.17, 15) is 9.18 Å². The van der Waals surface area contributed by atoms with Gasteiger partial charge in [0.15, 0.2) is 0 Å². The van der Waals surface area contributed by atoms with Gasteiger partial charge in [0, 0.05) is 9.61 Å². The summed E-state index contributed by atoms with van der Waals surface area (Å²) in [6.07, 6.45) is 2.12. The van der Waals surface area contributed by atoms with Crippen molar-refractivity contribution in [3.8, 4) is 0 Å². The highest BCUT2D eigenvalue weighted by Crippen LogP contribution is 2.20. The van der Waals surface area contributed by atoms with E-state index in [-0.39, 0.29) is 11.7 Å². The lowest BCUT2D eigenvalue weighted by Crippen LogP contribution is -2.26. The van der Waals surface area contributed by atoms with Crippen LogP contribution in [0.1, 0.15) is 23.2 Å². The Balaban J connectivity index is 2.17. The lowest BCUT2D eigenvalue weighted by atomic mass is 10.2. The number of carbonyl (C=O) groups excluding carboxylic acids is 1. The van der Waals surface area contributed by atoms with Crippen molar-refractivity contribution >= 4 is 28.5 Å². The Morgan fingerprint density at radius 3 is 2.79 bits per heavy atom. The minimum absolute atomic E-state index is 0.100. The van der Waals surface area contributed by atoms with Gasteiger partial charge >= 0.3 is 0 Å². The maximum atomic E-state index is 12.7. The SMILES string of the molecule is O=C(NC1CC1)c1ccc(F)cc1I. The van der Waals surface area contributed by atoms with Gasteiger partial charge in [0.2, 0.25) is 0 Å². The summed E-state index contributed by atoms with van der Waals surface area (Å²) in [5.41, 5.74) is 0.555. The molecule has 0 heterocycles. The van der Waals surface area contributed by atoms with Crippen molar-refractivity contribution < 1.29 is 9.18 Å². The molecule has 2 nitrogen and oxygen atoms in total. The largest absolute Gasteiger partial charge is 0.349 e. The summed E-state index contributed by atoms with van der Waals surface area (Å²) in [6, 6.07) is 4.53. The molecule has 0 bridgehead atoms. The molecular formula is C10H9FINO. The number of hydrogen-bond donors (Lipinski definition) is 1. The smallest absolute Gasteiger partial charge is 0.252 e.